The van der Waals surface area contributed by atoms with Crippen molar-refractivity contribution in [2.75, 3.05) is 31.2 Å². The first-order valence-corrected chi connectivity index (χ1v) is 6.98. The summed E-state index contributed by atoms with van der Waals surface area (Å²) in [7, 11) is -4.68. The van der Waals surface area contributed by atoms with Gasteiger partial charge in [-0.2, -0.15) is 8.42 Å². The molecule has 0 aliphatic heterocycles. The van der Waals surface area contributed by atoms with Gasteiger partial charge < -0.3 is 15.1 Å². The van der Waals surface area contributed by atoms with Crippen LogP contribution in [0.1, 0.15) is 0 Å². The van der Waals surface area contributed by atoms with Crippen molar-refractivity contribution in [3.05, 3.63) is 28.3 Å². The summed E-state index contributed by atoms with van der Waals surface area (Å²) in [6, 6.07) is 2.95. The topological polar surface area (TPSA) is 141 Å². The van der Waals surface area contributed by atoms with E-state index >= 15 is 0 Å². The zero-order chi connectivity index (χ0) is 15.3. The maximum absolute atomic E-state index is 11.3. The Kier molecular flexibility index (Phi) is 5.39. The van der Waals surface area contributed by atoms with E-state index in [1.165, 1.54) is 4.90 Å². The summed E-state index contributed by atoms with van der Waals surface area (Å²) in [5, 5.41) is 28.5. The highest BCUT2D eigenvalue weighted by atomic mass is 32.2. The Morgan fingerprint density at radius 1 is 1.20 bits per heavy atom. The van der Waals surface area contributed by atoms with Gasteiger partial charge in [-0.1, -0.05) is 0 Å². The van der Waals surface area contributed by atoms with Gasteiger partial charge in [-0.05, 0) is 6.07 Å². The molecule has 9 nitrogen and oxygen atoms in total. The van der Waals surface area contributed by atoms with E-state index in [9.17, 15) is 18.5 Å². The summed E-state index contributed by atoms with van der Waals surface area (Å²) in [5.74, 6) is 0. The highest BCUT2D eigenvalue weighted by molar-refractivity contribution is 7.86. The molecule has 0 heterocycles. The van der Waals surface area contributed by atoms with Gasteiger partial charge in [0.25, 0.3) is 15.8 Å². The summed E-state index contributed by atoms with van der Waals surface area (Å²) in [6.45, 7) is -0.633. The first-order chi connectivity index (χ1) is 9.31. The number of benzene rings is 1. The van der Waals surface area contributed by atoms with Gasteiger partial charge in [0.05, 0.1) is 23.8 Å². The second kappa shape index (κ2) is 6.61. The smallest absolute Gasteiger partial charge is 0.296 e. The van der Waals surface area contributed by atoms with E-state index in [1.54, 1.807) is 0 Å². The van der Waals surface area contributed by atoms with Crippen molar-refractivity contribution in [3.63, 3.8) is 0 Å². The third kappa shape index (κ3) is 3.87. The molecule has 0 unspecified atom stereocenters. The van der Waals surface area contributed by atoms with Crippen LogP contribution in [-0.2, 0) is 10.1 Å². The van der Waals surface area contributed by atoms with Gasteiger partial charge in [0.2, 0.25) is 0 Å². The summed E-state index contributed by atoms with van der Waals surface area (Å²) in [6.07, 6.45) is 0. The highest BCUT2D eigenvalue weighted by Crippen LogP contribution is 2.29. The van der Waals surface area contributed by atoms with E-state index in [4.69, 9.17) is 14.8 Å². The lowest BCUT2D eigenvalue weighted by atomic mass is 10.2. The van der Waals surface area contributed by atoms with Crippen LogP contribution in [0.25, 0.3) is 0 Å². The van der Waals surface area contributed by atoms with Crippen LogP contribution in [0.3, 0.4) is 0 Å². The number of anilines is 1. The summed E-state index contributed by atoms with van der Waals surface area (Å²) in [5.41, 5.74) is -0.518. The van der Waals surface area contributed by atoms with Crippen LogP contribution in [-0.4, -0.2) is 54.4 Å². The monoisotopic (exact) mass is 306 g/mol. The van der Waals surface area contributed by atoms with Crippen molar-refractivity contribution in [2.24, 2.45) is 0 Å². The van der Waals surface area contributed by atoms with Crippen LogP contribution < -0.4 is 4.90 Å². The van der Waals surface area contributed by atoms with Crippen molar-refractivity contribution in [3.8, 4) is 0 Å². The van der Waals surface area contributed by atoms with Crippen LogP contribution in [0.5, 0.6) is 0 Å². The van der Waals surface area contributed by atoms with E-state index < -0.39 is 25.6 Å². The minimum Gasteiger partial charge on any atom is -0.395 e. The lowest BCUT2D eigenvalue weighted by Crippen LogP contribution is -2.31. The molecular formula is C10H14N2O7S. The van der Waals surface area contributed by atoms with E-state index in [1.807, 2.05) is 0 Å². The molecule has 3 N–H and O–H groups in total. The number of non-ortho nitro benzene ring substituents is 1. The fraction of sp³-hybridized carbons (Fsp3) is 0.400. The van der Waals surface area contributed by atoms with Gasteiger partial charge in [0.1, 0.15) is 4.90 Å². The van der Waals surface area contributed by atoms with Crippen molar-refractivity contribution < 1.29 is 28.1 Å². The summed E-state index contributed by atoms with van der Waals surface area (Å²) >= 11 is 0. The van der Waals surface area contributed by atoms with Gasteiger partial charge >= 0.3 is 0 Å². The maximum Gasteiger partial charge on any atom is 0.296 e. The van der Waals surface area contributed by atoms with Gasteiger partial charge in [0, 0.05) is 25.2 Å². The van der Waals surface area contributed by atoms with Gasteiger partial charge in [-0.25, -0.2) is 0 Å². The Balaban J connectivity index is 3.40. The first kappa shape index (κ1) is 16.3. The fourth-order valence-electron chi connectivity index (χ4n) is 1.68. The van der Waals surface area contributed by atoms with Gasteiger partial charge in [0.15, 0.2) is 0 Å². The molecule has 10 heteroatoms. The maximum atomic E-state index is 11.3. The van der Waals surface area contributed by atoms with Crippen LogP contribution in [0.2, 0.25) is 0 Å². The Hall–Kier alpha value is -1.75. The molecule has 0 radical (unpaired) electrons. The Morgan fingerprint density at radius 2 is 1.75 bits per heavy atom. The van der Waals surface area contributed by atoms with Crippen LogP contribution in [0.4, 0.5) is 11.4 Å². The molecule has 0 saturated carbocycles. The predicted molar refractivity (Wildman–Crippen MR) is 69.3 cm³/mol. The van der Waals surface area contributed by atoms with Crippen LogP contribution >= 0.6 is 0 Å². The fourth-order valence-corrected chi connectivity index (χ4v) is 2.41. The predicted octanol–water partition coefficient (Wildman–Crippen LogP) is -0.367. The van der Waals surface area contributed by atoms with Gasteiger partial charge in [-0.3, -0.25) is 14.7 Å². The van der Waals surface area contributed by atoms with Crippen molar-refractivity contribution in [1.29, 1.82) is 0 Å². The number of nitrogens with zero attached hydrogens (tertiary/aromatic N) is 2. The lowest BCUT2D eigenvalue weighted by Gasteiger charge is -2.24. The molecule has 112 valence electrons. The minimum atomic E-state index is -4.68. The largest absolute Gasteiger partial charge is 0.395 e. The highest BCUT2D eigenvalue weighted by Gasteiger charge is 2.23. The number of hydrogen-bond acceptors (Lipinski definition) is 7. The van der Waals surface area contributed by atoms with Gasteiger partial charge in [-0.15, -0.1) is 0 Å². The number of hydrogen-bond donors (Lipinski definition) is 3. The number of aliphatic hydroxyl groups is 2. The number of nitro benzene ring substituents is 1. The van der Waals surface area contributed by atoms with E-state index in [0.29, 0.717) is 0 Å². The molecule has 0 saturated heterocycles. The molecular weight excluding hydrogens is 292 g/mol. The molecule has 0 atom stereocenters. The quantitative estimate of drug-likeness (QED) is 0.352. The Morgan fingerprint density at radius 3 is 2.15 bits per heavy atom. The molecule has 0 fully saturated rings. The summed E-state index contributed by atoms with van der Waals surface area (Å²) < 4.78 is 31.8. The molecule has 1 aromatic rings. The lowest BCUT2D eigenvalue weighted by molar-refractivity contribution is -0.385. The van der Waals surface area contributed by atoms with Crippen LogP contribution in [0.15, 0.2) is 23.1 Å². The molecule has 0 amide bonds. The standard InChI is InChI=1S/C10H14N2O7S/c13-5-3-11(4-6-14)9-2-1-8(12(15)16)7-10(9)20(17,18)19/h1-2,7,13-14H,3-6H2,(H,17,18,19). The molecule has 1 aromatic carbocycles. The summed E-state index contributed by atoms with van der Waals surface area (Å²) in [4.78, 5) is 10.5. The molecule has 0 aromatic heterocycles. The number of aliphatic hydroxyl groups excluding tert-OH is 2. The van der Waals surface area contributed by atoms with E-state index in [-0.39, 0.29) is 32.0 Å². The van der Waals surface area contributed by atoms with Crippen molar-refractivity contribution in [2.45, 2.75) is 4.90 Å². The Bertz CT molecular complexity index is 581. The van der Waals surface area contributed by atoms with E-state index in [2.05, 4.69) is 0 Å². The first-order valence-electron chi connectivity index (χ1n) is 5.54. The molecule has 20 heavy (non-hydrogen) atoms. The molecule has 0 bridgehead atoms. The second-order valence-corrected chi connectivity index (χ2v) is 5.21. The number of nitro groups is 1. The minimum absolute atomic E-state index is 0.000884. The zero-order valence-electron chi connectivity index (χ0n) is 10.3. The zero-order valence-corrected chi connectivity index (χ0v) is 11.2. The Labute approximate surface area is 115 Å². The normalized spacial score (nSPS) is 11.3. The molecule has 0 aliphatic carbocycles. The average Bonchev–Trinajstić information content (AvgIpc) is 2.36. The molecule has 0 aliphatic rings. The van der Waals surface area contributed by atoms with Crippen molar-refractivity contribution >= 4 is 21.5 Å². The SMILES string of the molecule is O=[N+]([O-])c1ccc(N(CCO)CCO)c(S(=O)(=O)O)c1. The average molecular weight is 306 g/mol. The van der Waals surface area contributed by atoms with Crippen molar-refractivity contribution in [1.82, 2.24) is 0 Å². The van der Waals surface area contributed by atoms with Crippen LogP contribution in [0, 0.1) is 10.1 Å². The molecule has 0 spiro atoms. The third-order valence-corrected chi connectivity index (χ3v) is 3.40. The van der Waals surface area contributed by atoms with E-state index in [0.717, 1.165) is 18.2 Å². The molecule has 1 rings (SSSR count). The third-order valence-electron chi connectivity index (χ3n) is 2.51. The number of rotatable bonds is 7. The second-order valence-electron chi connectivity index (χ2n) is 3.82.